The van der Waals surface area contributed by atoms with Gasteiger partial charge in [0.2, 0.25) is 5.78 Å². The summed E-state index contributed by atoms with van der Waals surface area (Å²) in [6.45, 7) is 4.22. The van der Waals surface area contributed by atoms with E-state index in [1.807, 2.05) is 0 Å². The molecule has 2 rings (SSSR count). The Balaban J connectivity index is 2.15. The van der Waals surface area contributed by atoms with Crippen LogP contribution in [0.25, 0.3) is 0 Å². The molecule has 1 saturated heterocycles. The second-order valence-corrected chi connectivity index (χ2v) is 6.42. The van der Waals surface area contributed by atoms with Gasteiger partial charge in [0, 0.05) is 6.04 Å². The Kier molecular flexibility index (Phi) is 3.86. The van der Waals surface area contributed by atoms with Crippen LogP contribution in [0.3, 0.4) is 0 Å². The number of Topliss-reactive ketones (excluding diaryl/α,β-unsaturated/α-hetero) is 1. The van der Waals surface area contributed by atoms with E-state index in [2.05, 4.69) is 19.2 Å². The first-order valence-corrected chi connectivity index (χ1v) is 6.96. The summed E-state index contributed by atoms with van der Waals surface area (Å²) in [5.41, 5.74) is -0.264. The van der Waals surface area contributed by atoms with Crippen molar-refractivity contribution in [2.24, 2.45) is 10.8 Å². The van der Waals surface area contributed by atoms with Crippen molar-refractivity contribution in [3.63, 3.8) is 0 Å². The van der Waals surface area contributed by atoms with Crippen LogP contribution in [0.4, 0.5) is 0 Å². The molecular weight excluding hydrogens is 245 g/mol. The molecule has 2 fully saturated rings. The van der Waals surface area contributed by atoms with Crippen LogP contribution < -0.4 is 5.32 Å². The first kappa shape index (κ1) is 14.7. The molecule has 1 aliphatic heterocycles. The number of aldehydes is 1. The standard InChI is InChI=1S/C13H22BNO4/c1-12-6-4-10(12)15-11(9(17)8-16)13(12,2)5-3-7-14(18)19/h8,10-11,15,18-19H,3-7H2,1-2H3/t10-,11-,12+,13+/m1/s1. The minimum Gasteiger partial charge on any atom is -0.427 e. The van der Waals surface area contributed by atoms with Gasteiger partial charge in [0.15, 0.2) is 6.29 Å². The average molecular weight is 267 g/mol. The summed E-state index contributed by atoms with van der Waals surface area (Å²) in [7, 11) is -1.30. The second kappa shape index (κ2) is 5.00. The lowest BCUT2D eigenvalue weighted by Gasteiger charge is -2.51. The van der Waals surface area contributed by atoms with Crippen molar-refractivity contribution in [3.8, 4) is 0 Å². The molecule has 0 spiro atoms. The molecule has 0 aromatic carbocycles. The Morgan fingerprint density at radius 2 is 2.16 bits per heavy atom. The molecule has 0 aromatic heterocycles. The number of nitrogens with one attached hydrogen (secondary N) is 1. The maximum Gasteiger partial charge on any atom is 0.451 e. The molecule has 6 heteroatoms. The normalized spacial score (nSPS) is 40.4. The van der Waals surface area contributed by atoms with Crippen LogP contribution in [-0.2, 0) is 9.59 Å². The fourth-order valence-corrected chi connectivity index (χ4v) is 3.93. The Bertz CT molecular complexity index is 389. The third-order valence-electron chi connectivity index (χ3n) is 5.59. The van der Waals surface area contributed by atoms with Crippen LogP contribution in [0.15, 0.2) is 0 Å². The lowest BCUT2D eigenvalue weighted by molar-refractivity contribution is -0.133. The smallest absolute Gasteiger partial charge is 0.427 e. The predicted molar refractivity (Wildman–Crippen MR) is 71.5 cm³/mol. The van der Waals surface area contributed by atoms with Gasteiger partial charge in [-0.3, -0.25) is 9.59 Å². The molecule has 0 amide bonds. The van der Waals surface area contributed by atoms with E-state index in [1.54, 1.807) is 0 Å². The molecule has 3 N–H and O–H groups in total. The maximum absolute atomic E-state index is 11.9. The minimum absolute atomic E-state index is 0.0245. The number of fused-ring (bicyclic) bond motifs is 1. The summed E-state index contributed by atoms with van der Waals surface area (Å²) in [4.78, 5) is 22.7. The molecule has 4 atom stereocenters. The summed E-state index contributed by atoms with van der Waals surface area (Å²) in [6, 6.07) is -0.135. The van der Waals surface area contributed by atoms with Gasteiger partial charge < -0.3 is 15.4 Å². The van der Waals surface area contributed by atoms with E-state index < -0.39 is 13.2 Å². The van der Waals surface area contributed by atoms with Gasteiger partial charge in [0.25, 0.3) is 0 Å². The minimum atomic E-state index is -1.30. The van der Waals surface area contributed by atoms with E-state index in [4.69, 9.17) is 10.0 Å². The number of carbonyl (C=O) groups excluding carboxylic acids is 2. The van der Waals surface area contributed by atoms with E-state index in [1.165, 1.54) is 0 Å². The molecule has 1 heterocycles. The Morgan fingerprint density at radius 1 is 1.47 bits per heavy atom. The van der Waals surface area contributed by atoms with Crippen molar-refractivity contribution in [1.29, 1.82) is 0 Å². The average Bonchev–Trinajstić information content (AvgIpc) is 2.48. The number of hydrogen-bond donors (Lipinski definition) is 3. The van der Waals surface area contributed by atoms with Crippen LogP contribution in [0.1, 0.15) is 39.5 Å². The molecule has 1 saturated carbocycles. The summed E-state index contributed by atoms with van der Waals surface area (Å²) >= 11 is 0. The number of hydrogen-bond acceptors (Lipinski definition) is 5. The van der Waals surface area contributed by atoms with Crippen LogP contribution in [-0.4, -0.2) is 41.3 Å². The van der Waals surface area contributed by atoms with Crippen LogP contribution in [0.5, 0.6) is 0 Å². The van der Waals surface area contributed by atoms with Crippen molar-refractivity contribution < 1.29 is 19.6 Å². The third-order valence-corrected chi connectivity index (χ3v) is 5.59. The highest BCUT2D eigenvalue weighted by Crippen LogP contribution is 2.61. The van der Waals surface area contributed by atoms with Crippen molar-refractivity contribution in [2.45, 2.75) is 57.9 Å². The van der Waals surface area contributed by atoms with Gasteiger partial charge in [0.05, 0.1) is 6.04 Å². The Morgan fingerprint density at radius 3 is 2.63 bits per heavy atom. The molecule has 0 bridgehead atoms. The Labute approximate surface area is 113 Å². The zero-order valence-corrected chi connectivity index (χ0v) is 11.6. The van der Waals surface area contributed by atoms with Gasteiger partial charge in [0.1, 0.15) is 0 Å². The van der Waals surface area contributed by atoms with E-state index in [0.29, 0.717) is 25.1 Å². The Hall–Kier alpha value is -0.715. The maximum atomic E-state index is 11.9. The highest BCUT2D eigenvalue weighted by atomic mass is 16.4. The first-order valence-electron chi connectivity index (χ1n) is 6.96. The summed E-state index contributed by atoms with van der Waals surface area (Å²) in [6.07, 6.45) is 4.15. The fraction of sp³-hybridized carbons (Fsp3) is 0.846. The van der Waals surface area contributed by atoms with Gasteiger partial charge in [-0.05, 0) is 36.4 Å². The van der Waals surface area contributed by atoms with E-state index >= 15 is 0 Å². The molecule has 106 valence electrons. The fourth-order valence-electron chi connectivity index (χ4n) is 3.93. The lowest BCUT2D eigenvalue weighted by Crippen LogP contribution is -2.50. The van der Waals surface area contributed by atoms with Gasteiger partial charge in [-0.25, -0.2) is 0 Å². The zero-order chi connectivity index (χ0) is 14.3. The molecule has 5 nitrogen and oxygen atoms in total. The van der Waals surface area contributed by atoms with Crippen molar-refractivity contribution in [1.82, 2.24) is 5.32 Å². The van der Waals surface area contributed by atoms with Crippen molar-refractivity contribution in [3.05, 3.63) is 0 Å². The summed E-state index contributed by atoms with van der Waals surface area (Å²) < 4.78 is 0. The quantitative estimate of drug-likeness (QED) is 0.362. The second-order valence-electron chi connectivity index (χ2n) is 6.42. The zero-order valence-electron chi connectivity index (χ0n) is 11.6. The number of carbonyl (C=O) groups is 2. The molecule has 0 aromatic rings. The molecule has 19 heavy (non-hydrogen) atoms. The predicted octanol–water partition coefficient (Wildman–Crippen LogP) is 0.154. The topological polar surface area (TPSA) is 86.6 Å². The summed E-state index contributed by atoms with van der Waals surface area (Å²) in [5.74, 6) is -0.386. The largest absolute Gasteiger partial charge is 0.451 e. The number of rotatable bonds is 6. The number of ketones is 1. The van der Waals surface area contributed by atoms with Gasteiger partial charge in [-0.2, -0.15) is 0 Å². The molecule has 0 radical (unpaired) electrons. The van der Waals surface area contributed by atoms with Crippen molar-refractivity contribution >= 4 is 19.2 Å². The SMILES string of the molecule is C[C@]1(CCCB(O)O)[C@@H](C(=O)C=O)N[C@@H]2CC[C@@]21C. The van der Waals surface area contributed by atoms with E-state index in [9.17, 15) is 9.59 Å². The van der Waals surface area contributed by atoms with Crippen LogP contribution in [0.2, 0.25) is 6.32 Å². The van der Waals surface area contributed by atoms with Gasteiger partial charge in [-0.15, -0.1) is 0 Å². The van der Waals surface area contributed by atoms with Gasteiger partial charge in [-0.1, -0.05) is 20.3 Å². The highest BCUT2D eigenvalue weighted by Gasteiger charge is 2.64. The van der Waals surface area contributed by atoms with E-state index in [0.717, 1.165) is 19.3 Å². The highest BCUT2D eigenvalue weighted by molar-refractivity contribution is 6.40. The lowest BCUT2D eigenvalue weighted by atomic mass is 9.51. The molecule has 1 aliphatic carbocycles. The molecule has 0 unspecified atom stereocenters. The first-order chi connectivity index (χ1) is 8.85. The monoisotopic (exact) mass is 267 g/mol. The van der Waals surface area contributed by atoms with Crippen molar-refractivity contribution in [2.75, 3.05) is 0 Å². The van der Waals surface area contributed by atoms with Crippen LogP contribution >= 0.6 is 0 Å². The van der Waals surface area contributed by atoms with E-state index in [-0.39, 0.29) is 16.6 Å². The van der Waals surface area contributed by atoms with Crippen LogP contribution in [0, 0.1) is 10.8 Å². The molecule has 2 aliphatic rings. The van der Waals surface area contributed by atoms with Gasteiger partial charge >= 0.3 is 7.12 Å². The molecular formula is C13H22BNO4. The summed E-state index contributed by atoms with van der Waals surface area (Å²) in [5, 5.41) is 21.2. The third kappa shape index (κ3) is 2.16.